The third-order valence-corrected chi connectivity index (χ3v) is 6.06. The highest BCUT2D eigenvalue weighted by Gasteiger charge is 2.41. The largest absolute Gasteiger partial charge is 0.335 e. The maximum absolute atomic E-state index is 12.6. The summed E-state index contributed by atoms with van der Waals surface area (Å²) in [5.41, 5.74) is 0.874. The van der Waals surface area contributed by atoms with Crippen molar-refractivity contribution in [3.63, 3.8) is 0 Å². The van der Waals surface area contributed by atoms with Crippen LogP contribution in [0.2, 0.25) is 5.02 Å². The molecule has 1 aliphatic heterocycles. The molecule has 1 heterocycles. The van der Waals surface area contributed by atoms with E-state index in [4.69, 9.17) is 11.6 Å². The Morgan fingerprint density at radius 1 is 1.24 bits per heavy atom. The van der Waals surface area contributed by atoms with Gasteiger partial charge in [-0.1, -0.05) is 23.7 Å². The first kappa shape index (κ1) is 14.9. The summed E-state index contributed by atoms with van der Waals surface area (Å²) >= 11 is 5.94. The molecule has 114 valence electrons. The summed E-state index contributed by atoms with van der Waals surface area (Å²) in [5, 5.41) is 0.613. The molecule has 2 fully saturated rings. The Hall–Kier alpha value is -1.07. The molecule has 2 aliphatic rings. The number of nitrogens with zero attached hydrogens (tertiary/aromatic N) is 1. The molecule has 0 N–H and O–H groups in total. The molecule has 1 aromatic rings. The SMILES string of the molecule is O=C(Cc1cccc(Cl)c1)N(C1CC1)C1CCS(=O)(=O)C1. The second-order valence-electron chi connectivity index (χ2n) is 5.90. The quantitative estimate of drug-likeness (QED) is 0.850. The fourth-order valence-corrected chi connectivity index (χ4v) is 4.89. The lowest BCUT2D eigenvalue weighted by atomic mass is 10.1. The highest BCUT2D eigenvalue weighted by Crippen LogP contribution is 2.32. The first-order chi connectivity index (χ1) is 9.94. The zero-order valence-electron chi connectivity index (χ0n) is 11.7. The predicted octanol–water partition coefficient (Wildman–Crippen LogP) is 2.06. The molecule has 0 aromatic heterocycles. The first-order valence-corrected chi connectivity index (χ1v) is 9.40. The number of amides is 1. The van der Waals surface area contributed by atoms with Gasteiger partial charge in [-0.2, -0.15) is 0 Å². The maximum atomic E-state index is 12.6. The van der Waals surface area contributed by atoms with Gasteiger partial charge in [-0.15, -0.1) is 0 Å². The van der Waals surface area contributed by atoms with Crippen molar-refractivity contribution in [2.75, 3.05) is 11.5 Å². The molecule has 21 heavy (non-hydrogen) atoms. The zero-order valence-corrected chi connectivity index (χ0v) is 13.2. The van der Waals surface area contributed by atoms with Crippen molar-refractivity contribution >= 4 is 27.3 Å². The van der Waals surface area contributed by atoms with Crippen LogP contribution in [0.15, 0.2) is 24.3 Å². The molecule has 3 rings (SSSR count). The van der Waals surface area contributed by atoms with Gasteiger partial charge in [0.05, 0.1) is 17.9 Å². The fourth-order valence-electron chi connectivity index (χ4n) is 2.97. The topological polar surface area (TPSA) is 54.5 Å². The molecule has 4 nitrogen and oxygen atoms in total. The smallest absolute Gasteiger partial charge is 0.227 e. The van der Waals surface area contributed by atoms with Crippen LogP contribution >= 0.6 is 11.6 Å². The van der Waals surface area contributed by atoms with Crippen molar-refractivity contribution < 1.29 is 13.2 Å². The third-order valence-electron chi connectivity index (χ3n) is 4.07. The van der Waals surface area contributed by atoms with Crippen molar-refractivity contribution in [1.82, 2.24) is 4.90 Å². The van der Waals surface area contributed by atoms with Crippen molar-refractivity contribution in [1.29, 1.82) is 0 Å². The second kappa shape index (κ2) is 5.61. The zero-order chi connectivity index (χ0) is 15.0. The van der Waals surface area contributed by atoms with Crippen LogP contribution in [0.3, 0.4) is 0 Å². The van der Waals surface area contributed by atoms with E-state index >= 15 is 0 Å². The highest BCUT2D eigenvalue weighted by atomic mass is 35.5. The summed E-state index contributed by atoms with van der Waals surface area (Å²) in [5.74, 6) is 0.331. The average molecular weight is 328 g/mol. The Morgan fingerprint density at radius 2 is 2.00 bits per heavy atom. The number of carbonyl (C=O) groups is 1. The van der Waals surface area contributed by atoms with Gasteiger partial charge in [-0.05, 0) is 37.0 Å². The Kier molecular flexibility index (Phi) is 3.97. The fraction of sp³-hybridized carbons (Fsp3) is 0.533. The molecule has 1 aliphatic carbocycles. The van der Waals surface area contributed by atoms with Gasteiger partial charge in [0.2, 0.25) is 5.91 Å². The van der Waals surface area contributed by atoms with E-state index < -0.39 is 9.84 Å². The molecular formula is C15H18ClNO3S. The van der Waals surface area contributed by atoms with E-state index in [1.165, 1.54) is 0 Å². The predicted molar refractivity (Wildman–Crippen MR) is 82.1 cm³/mol. The first-order valence-electron chi connectivity index (χ1n) is 7.21. The number of carbonyl (C=O) groups excluding carboxylic acids is 1. The normalized spacial score (nSPS) is 24.0. The molecule has 1 unspecified atom stereocenters. The van der Waals surface area contributed by atoms with Gasteiger partial charge < -0.3 is 4.90 Å². The van der Waals surface area contributed by atoms with Gasteiger partial charge in [0.25, 0.3) is 0 Å². The van der Waals surface area contributed by atoms with Crippen LogP contribution in [-0.4, -0.2) is 42.8 Å². The number of sulfone groups is 1. The van der Waals surface area contributed by atoms with Gasteiger partial charge in [-0.3, -0.25) is 4.79 Å². The Labute approximate surface area is 130 Å². The number of hydrogen-bond donors (Lipinski definition) is 0. The number of halogens is 1. The molecule has 1 saturated heterocycles. The minimum absolute atomic E-state index is 0.0156. The number of benzene rings is 1. The maximum Gasteiger partial charge on any atom is 0.227 e. The van der Waals surface area contributed by atoms with Crippen LogP contribution in [-0.2, 0) is 21.1 Å². The van der Waals surface area contributed by atoms with Crippen LogP contribution in [0, 0.1) is 0 Å². The van der Waals surface area contributed by atoms with Crippen molar-refractivity contribution in [3.8, 4) is 0 Å². The van der Waals surface area contributed by atoms with Gasteiger partial charge in [-0.25, -0.2) is 8.42 Å². The lowest BCUT2D eigenvalue weighted by Gasteiger charge is -2.28. The van der Waals surface area contributed by atoms with E-state index in [0.29, 0.717) is 11.4 Å². The number of rotatable bonds is 4. The second-order valence-corrected chi connectivity index (χ2v) is 8.56. The minimum Gasteiger partial charge on any atom is -0.335 e. The van der Waals surface area contributed by atoms with Crippen LogP contribution in [0.5, 0.6) is 0 Å². The molecule has 0 radical (unpaired) electrons. The summed E-state index contributed by atoms with van der Waals surface area (Å²) in [6.07, 6.45) is 2.82. The summed E-state index contributed by atoms with van der Waals surface area (Å²) < 4.78 is 23.3. The van der Waals surface area contributed by atoms with Crippen LogP contribution in [0.1, 0.15) is 24.8 Å². The number of hydrogen-bond acceptors (Lipinski definition) is 3. The van der Waals surface area contributed by atoms with Crippen molar-refractivity contribution in [3.05, 3.63) is 34.9 Å². The van der Waals surface area contributed by atoms with Gasteiger partial charge in [0.15, 0.2) is 9.84 Å². The molecule has 1 saturated carbocycles. The Bertz CT molecular complexity index is 655. The van der Waals surface area contributed by atoms with Crippen molar-refractivity contribution in [2.45, 2.75) is 37.8 Å². The lowest BCUT2D eigenvalue weighted by Crippen LogP contribution is -2.43. The summed E-state index contributed by atoms with van der Waals surface area (Å²) in [7, 11) is -2.97. The van der Waals surface area contributed by atoms with Gasteiger partial charge in [0, 0.05) is 17.1 Å². The highest BCUT2D eigenvalue weighted by molar-refractivity contribution is 7.91. The molecule has 1 aromatic carbocycles. The van der Waals surface area contributed by atoms with E-state index in [1.54, 1.807) is 12.1 Å². The van der Waals surface area contributed by atoms with Crippen LogP contribution in [0.4, 0.5) is 0 Å². The molecule has 6 heteroatoms. The summed E-state index contributed by atoms with van der Waals surface area (Å²) in [4.78, 5) is 14.4. The Balaban J connectivity index is 1.74. The van der Waals surface area contributed by atoms with Crippen LogP contribution in [0.25, 0.3) is 0 Å². The molecule has 1 amide bonds. The molecular weight excluding hydrogens is 310 g/mol. The third kappa shape index (κ3) is 3.58. The van der Waals surface area contributed by atoms with E-state index in [0.717, 1.165) is 18.4 Å². The van der Waals surface area contributed by atoms with E-state index in [-0.39, 0.29) is 35.9 Å². The standard InChI is InChI=1S/C15H18ClNO3S/c16-12-3-1-2-11(8-12)9-15(18)17(13-4-5-13)14-6-7-21(19,20)10-14/h1-3,8,13-14H,4-7,9-10H2. The monoisotopic (exact) mass is 327 g/mol. The van der Waals surface area contributed by atoms with E-state index in [9.17, 15) is 13.2 Å². The Morgan fingerprint density at radius 3 is 2.57 bits per heavy atom. The average Bonchev–Trinajstić information content (AvgIpc) is 3.14. The molecule has 0 spiro atoms. The summed E-state index contributed by atoms with van der Waals surface area (Å²) in [6.45, 7) is 0. The van der Waals surface area contributed by atoms with Crippen LogP contribution < -0.4 is 0 Å². The van der Waals surface area contributed by atoms with Gasteiger partial charge in [0.1, 0.15) is 0 Å². The molecule has 0 bridgehead atoms. The van der Waals surface area contributed by atoms with Crippen molar-refractivity contribution in [2.24, 2.45) is 0 Å². The van der Waals surface area contributed by atoms with Gasteiger partial charge >= 0.3 is 0 Å². The van der Waals surface area contributed by atoms with E-state index in [1.807, 2.05) is 17.0 Å². The minimum atomic E-state index is -2.97. The van der Waals surface area contributed by atoms with E-state index in [2.05, 4.69) is 0 Å². The lowest BCUT2D eigenvalue weighted by molar-refractivity contribution is -0.133. The molecule has 1 atom stereocenters. The summed E-state index contributed by atoms with van der Waals surface area (Å²) in [6, 6.07) is 7.35.